The van der Waals surface area contributed by atoms with Crippen molar-refractivity contribution in [3.05, 3.63) is 0 Å². The molecule has 2 aliphatic heterocycles. The Morgan fingerprint density at radius 1 is 1.15 bits per heavy atom. The van der Waals surface area contributed by atoms with E-state index in [0.29, 0.717) is 25.0 Å². The minimum absolute atomic E-state index is 0.499. The van der Waals surface area contributed by atoms with E-state index in [2.05, 4.69) is 17.1 Å². The van der Waals surface area contributed by atoms with E-state index in [1.165, 1.54) is 19.1 Å². The molecule has 0 aromatic carbocycles. The molecule has 2 saturated heterocycles. The molecular formula is C14H29N3O2S. The van der Waals surface area contributed by atoms with Crippen LogP contribution in [0, 0.1) is 5.92 Å². The third-order valence-electron chi connectivity index (χ3n) is 4.47. The highest BCUT2D eigenvalue weighted by Gasteiger charge is 2.28. The highest BCUT2D eigenvalue weighted by molar-refractivity contribution is 7.88. The number of hydrogen-bond acceptors (Lipinski definition) is 4. The number of likely N-dealkylation sites (tertiary alicyclic amines) is 1. The second kappa shape index (κ2) is 7.20. The molecule has 20 heavy (non-hydrogen) atoms. The van der Waals surface area contributed by atoms with Crippen LogP contribution in [0.15, 0.2) is 0 Å². The average molecular weight is 303 g/mol. The minimum atomic E-state index is -3.02. The molecule has 2 unspecified atom stereocenters. The van der Waals surface area contributed by atoms with Gasteiger partial charge < -0.3 is 10.2 Å². The Morgan fingerprint density at radius 2 is 1.90 bits per heavy atom. The lowest BCUT2D eigenvalue weighted by atomic mass is 9.97. The van der Waals surface area contributed by atoms with Crippen molar-refractivity contribution in [2.45, 2.75) is 38.6 Å². The van der Waals surface area contributed by atoms with E-state index in [1.54, 1.807) is 4.31 Å². The molecule has 6 heteroatoms. The van der Waals surface area contributed by atoms with E-state index in [0.717, 1.165) is 39.0 Å². The van der Waals surface area contributed by atoms with Gasteiger partial charge in [-0.15, -0.1) is 0 Å². The van der Waals surface area contributed by atoms with Crippen LogP contribution in [-0.2, 0) is 10.0 Å². The highest BCUT2D eigenvalue weighted by Crippen LogP contribution is 2.21. The van der Waals surface area contributed by atoms with Gasteiger partial charge in [0, 0.05) is 32.2 Å². The second-order valence-corrected chi connectivity index (χ2v) is 8.27. The molecular weight excluding hydrogens is 274 g/mol. The summed E-state index contributed by atoms with van der Waals surface area (Å²) >= 11 is 0. The summed E-state index contributed by atoms with van der Waals surface area (Å²) in [5, 5.41) is 3.54. The van der Waals surface area contributed by atoms with Gasteiger partial charge in [0.2, 0.25) is 10.0 Å². The summed E-state index contributed by atoms with van der Waals surface area (Å²) in [5.74, 6) is 0.499. The quantitative estimate of drug-likeness (QED) is 0.814. The number of nitrogens with one attached hydrogen (secondary N) is 1. The molecule has 0 amide bonds. The van der Waals surface area contributed by atoms with E-state index in [4.69, 9.17) is 0 Å². The van der Waals surface area contributed by atoms with Gasteiger partial charge >= 0.3 is 0 Å². The molecule has 2 aliphatic rings. The fourth-order valence-corrected chi connectivity index (χ4v) is 4.46. The molecule has 0 saturated carbocycles. The Bertz CT molecular complexity index is 397. The topological polar surface area (TPSA) is 52.6 Å². The standard InChI is InChI=1S/C14H29N3O2S/c1-3-15-14-7-5-8-16(12-14)10-13-6-4-9-17(11-13)20(2,18)19/h13-15H,3-12H2,1-2H3. The van der Waals surface area contributed by atoms with Crippen molar-refractivity contribution in [1.82, 2.24) is 14.5 Å². The van der Waals surface area contributed by atoms with Crippen LogP contribution in [0.25, 0.3) is 0 Å². The maximum Gasteiger partial charge on any atom is 0.211 e. The van der Waals surface area contributed by atoms with Gasteiger partial charge in [0.15, 0.2) is 0 Å². The predicted octanol–water partition coefficient (Wildman–Crippen LogP) is 0.732. The first-order chi connectivity index (χ1) is 9.49. The molecule has 1 N–H and O–H groups in total. The number of hydrogen-bond donors (Lipinski definition) is 1. The molecule has 0 spiro atoms. The predicted molar refractivity (Wildman–Crippen MR) is 82.3 cm³/mol. The van der Waals surface area contributed by atoms with Gasteiger partial charge in [-0.2, -0.15) is 0 Å². The number of likely N-dealkylation sites (N-methyl/N-ethyl adjacent to an activating group) is 1. The Kier molecular flexibility index (Phi) is 5.84. The zero-order valence-electron chi connectivity index (χ0n) is 12.8. The first-order valence-corrected chi connectivity index (χ1v) is 9.74. The van der Waals surface area contributed by atoms with Gasteiger partial charge in [-0.05, 0) is 44.7 Å². The van der Waals surface area contributed by atoms with Crippen molar-refractivity contribution < 1.29 is 8.42 Å². The first-order valence-electron chi connectivity index (χ1n) is 7.90. The second-order valence-electron chi connectivity index (χ2n) is 6.29. The molecule has 2 atom stereocenters. The van der Waals surface area contributed by atoms with Gasteiger partial charge in [-0.1, -0.05) is 6.92 Å². The van der Waals surface area contributed by atoms with Crippen LogP contribution in [-0.4, -0.2) is 69.2 Å². The molecule has 0 bridgehead atoms. The molecule has 0 aromatic rings. The molecule has 118 valence electrons. The maximum absolute atomic E-state index is 11.7. The van der Waals surface area contributed by atoms with E-state index in [-0.39, 0.29) is 0 Å². The zero-order chi connectivity index (χ0) is 14.6. The molecule has 0 aliphatic carbocycles. The smallest absolute Gasteiger partial charge is 0.211 e. The van der Waals surface area contributed by atoms with E-state index >= 15 is 0 Å². The lowest BCUT2D eigenvalue weighted by Crippen LogP contribution is -2.49. The van der Waals surface area contributed by atoms with E-state index in [1.807, 2.05) is 0 Å². The van der Waals surface area contributed by atoms with Crippen LogP contribution < -0.4 is 5.32 Å². The summed E-state index contributed by atoms with van der Waals surface area (Å²) in [5.41, 5.74) is 0. The third kappa shape index (κ3) is 4.69. The van der Waals surface area contributed by atoms with Crippen molar-refractivity contribution in [2.75, 3.05) is 45.5 Å². The fraction of sp³-hybridized carbons (Fsp3) is 1.00. The molecule has 2 rings (SSSR count). The number of piperidine rings is 2. The van der Waals surface area contributed by atoms with Crippen LogP contribution in [0.1, 0.15) is 32.6 Å². The molecule has 0 aromatic heterocycles. The summed E-state index contributed by atoms with van der Waals surface area (Å²) in [6.45, 7) is 7.93. The van der Waals surface area contributed by atoms with Crippen molar-refractivity contribution in [3.63, 3.8) is 0 Å². The van der Waals surface area contributed by atoms with Crippen molar-refractivity contribution >= 4 is 10.0 Å². The van der Waals surface area contributed by atoms with E-state index < -0.39 is 10.0 Å². The lowest BCUT2D eigenvalue weighted by molar-refractivity contribution is 0.140. The lowest BCUT2D eigenvalue weighted by Gasteiger charge is -2.38. The molecule has 2 heterocycles. The van der Waals surface area contributed by atoms with Crippen LogP contribution in [0.3, 0.4) is 0 Å². The van der Waals surface area contributed by atoms with Crippen LogP contribution in [0.2, 0.25) is 0 Å². The van der Waals surface area contributed by atoms with Crippen molar-refractivity contribution in [2.24, 2.45) is 5.92 Å². The Labute approximate surface area is 123 Å². The SMILES string of the molecule is CCNC1CCCN(CC2CCCN(S(C)(=O)=O)C2)C1. The Balaban J connectivity index is 1.83. The summed E-state index contributed by atoms with van der Waals surface area (Å²) in [6, 6.07) is 0.614. The van der Waals surface area contributed by atoms with Gasteiger partial charge in [-0.3, -0.25) is 0 Å². The Hall–Kier alpha value is -0.170. The largest absolute Gasteiger partial charge is 0.313 e. The van der Waals surface area contributed by atoms with Crippen LogP contribution in [0.5, 0.6) is 0 Å². The van der Waals surface area contributed by atoms with Gasteiger partial charge in [0.05, 0.1) is 6.26 Å². The normalized spacial score (nSPS) is 30.5. The summed E-state index contributed by atoms with van der Waals surface area (Å²) < 4.78 is 25.0. The number of rotatable bonds is 5. The number of nitrogens with zero attached hydrogens (tertiary/aromatic N) is 2. The van der Waals surface area contributed by atoms with Crippen LogP contribution >= 0.6 is 0 Å². The van der Waals surface area contributed by atoms with Gasteiger partial charge in [-0.25, -0.2) is 12.7 Å². The molecule has 2 fully saturated rings. The van der Waals surface area contributed by atoms with Gasteiger partial charge in [0.25, 0.3) is 0 Å². The first kappa shape index (κ1) is 16.2. The molecule has 5 nitrogen and oxygen atoms in total. The fourth-order valence-electron chi connectivity index (χ4n) is 3.52. The van der Waals surface area contributed by atoms with Crippen molar-refractivity contribution in [1.29, 1.82) is 0 Å². The zero-order valence-corrected chi connectivity index (χ0v) is 13.7. The number of sulfonamides is 1. The minimum Gasteiger partial charge on any atom is -0.313 e. The molecule has 0 radical (unpaired) electrons. The summed E-state index contributed by atoms with van der Waals surface area (Å²) in [4.78, 5) is 2.52. The maximum atomic E-state index is 11.7. The van der Waals surface area contributed by atoms with Crippen LogP contribution in [0.4, 0.5) is 0 Å². The highest BCUT2D eigenvalue weighted by atomic mass is 32.2. The summed E-state index contributed by atoms with van der Waals surface area (Å²) in [6.07, 6.45) is 6.01. The monoisotopic (exact) mass is 303 g/mol. The Morgan fingerprint density at radius 3 is 2.60 bits per heavy atom. The summed E-state index contributed by atoms with van der Waals surface area (Å²) in [7, 11) is -3.02. The van der Waals surface area contributed by atoms with Crippen molar-refractivity contribution in [3.8, 4) is 0 Å². The third-order valence-corrected chi connectivity index (χ3v) is 5.74. The van der Waals surface area contributed by atoms with E-state index in [9.17, 15) is 8.42 Å². The van der Waals surface area contributed by atoms with Gasteiger partial charge in [0.1, 0.15) is 0 Å². The average Bonchev–Trinajstić information content (AvgIpc) is 2.39.